The molecule has 4 aromatic rings. The minimum atomic E-state index is -0.520. The molecule has 0 unspecified atom stereocenters. The number of guanidine groups is 1. The molecule has 1 aliphatic carbocycles. The summed E-state index contributed by atoms with van der Waals surface area (Å²) in [6.45, 7) is -0.0221. The first-order valence-corrected chi connectivity index (χ1v) is 19.2. The summed E-state index contributed by atoms with van der Waals surface area (Å²) in [6, 6.07) is 21.1. The number of phenolic OH excluding ortho intramolecular Hbond substituents is 1. The molecule has 0 aromatic heterocycles. The van der Waals surface area contributed by atoms with E-state index in [-0.39, 0.29) is 55.2 Å². The van der Waals surface area contributed by atoms with Crippen LogP contribution in [0.15, 0.2) is 95.7 Å². The van der Waals surface area contributed by atoms with Crippen LogP contribution in [0.25, 0.3) is 10.8 Å². The van der Waals surface area contributed by atoms with Gasteiger partial charge >= 0.3 is 0 Å². The molecule has 7 rings (SSSR count). The van der Waals surface area contributed by atoms with E-state index in [0.29, 0.717) is 47.8 Å². The smallest absolute Gasteiger partial charge is 0.192 e. The summed E-state index contributed by atoms with van der Waals surface area (Å²) in [4.78, 5) is 17.5. The van der Waals surface area contributed by atoms with Gasteiger partial charge in [0.15, 0.2) is 17.5 Å². The number of unbranched alkanes of at least 4 members (excludes halogenated alkanes) is 1. The fourth-order valence-electron chi connectivity index (χ4n) is 7.53. The number of carbonyl (C=O) groups is 1. The number of benzene rings is 4. The van der Waals surface area contributed by atoms with Gasteiger partial charge in [0.25, 0.3) is 0 Å². The van der Waals surface area contributed by atoms with E-state index in [1.54, 1.807) is 26.3 Å². The van der Waals surface area contributed by atoms with Crippen LogP contribution in [0.4, 0.5) is 5.69 Å². The number of aliphatic hydroxyl groups excluding tert-OH is 2. The van der Waals surface area contributed by atoms with E-state index in [9.17, 15) is 20.1 Å². The Labute approximate surface area is 328 Å². The number of methoxy groups -OCH3 is 1. The van der Waals surface area contributed by atoms with Gasteiger partial charge in [-0.1, -0.05) is 42.7 Å². The summed E-state index contributed by atoms with van der Waals surface area (Å²) < 4.78 is 18.0. The molecular weight excluding hydrogens is 707 g/mol. The number of Topliss-reactive ketones (excluding diaryl/α,β-unsaturated/α-hetero) is 1. The van der Waals surface area contributed by atoms with Crippen molar-refractivity contribution in [3.8, 4) is 29.3 Å². The number of anilines is 1. The third-order valence-corrected chi connectivity index (χ3v) is 10.6. The summed E-state index contributed by atoms with van der Waals surface area (Å²) in [5.74, 6) is 4.99. The van der Waals surface area contributed by atoms with Gasteiger partial charge < -0.3 is 40.6 Å². The Morgan fingerprint density at radius 3 is 2.75 bits per heavy atom. The minimum absolute atomic E-state index is 0.0420. The highest BCUT2D eigenvalue weighted by Gasteiger charge is 2.27. The number of ketones is 1. The Hall–Kier alpha value is -5.92. The molecular formula is C46H51N3O7. The molecule has 6 N–H and O–H groups in total. The number of nitrogens with two attached hydrogens (primary N) is 1. The molecule has 3 atom stereocenters. The van der Waals surface area contributed by atoms with Crippen molar-refractivity contribution in [2.45, 2.75) is 77.1 Å². The van der Waals surface area contributed by atoms with E-state index in [0.717, 1.165) is 53.3 Å². The Morgan fingerprint density at radius 2 is 1.93 bits per heavy atom. The maximum absolute atomic E-state index is 13.6. The molecule has 10 heteroatoms. The van der Waals surface area contributed by atoms with Crippen LogP contribution in [0.3, 0.4) is 0 Å². The van der Waals surface area contributed by atoms with Crippen LogP contribution in [0.1, 0.15) is 66.3 Å². The number of hydrogen-bond donors (Lipinski definition) is 5. The van der Waals surface area contributed by atoms with E-state index < -0.39 is 6.10 Å². The SMILES string of the molecule is CN=C(N)Nc1cccc(CCCC[C@H]2C=CC(O)=C[C@H]2C[C@@H]2CC(=O)CCc3ccc(OC)c(c3)OCc3cc4ccc(O)c(c4cc3CO)CC#CO2)c1. The predicted octanol–water partition coefficient (Wildman–Crippen LogP) is 7.82. The standard InChI is InChI=1S/C46H51N3O7/c1-48-46(47)49-37-10-5-8-30(21-37)7-3-4-9-32-14-17-38(51)24-34(32)25-40-27-39(52)16-12-31-13-19-44(54-2)45(22-31)56-29-36-23-33-15-18-43(53)41(11-6-20-55-40)42(33)26-35(36)28-50/h5,8,10,13-15,17-19,21-24,26,32,34,40,50-51,53H,3-4,7,9,11-12,16,25,27-29H2,1-2H3,(H3,47,48,49)/t32-,34-,40+/m0/s1. The fraction of sp³-hybridized carbons (Fsp3) is 0.348. The average Bonchev–Trinajstić information content (AvgIpc) is 3.20. The number of nitrogens with zero attached hydrogens (tertiary/aromatic N) is 1. The Balaban J connectivity index is 1.20. The number of aromatic hydroxyl groups is 1. The number of phenols is 1. The Morgan fingerprint density at radius 1 is 1.05 bits per heavy atom. The molecule has 0 spiro atoms. The topological polar surface area (TPSA) is 156 Å². The molecule has 0 fully saturated rings. The molecule has 56 heavy (non-hydrogen) atoms. The number of hydrogen-bond acceptors (Lipinski definition) is 8. The molecule has 2 aliphatic heterocycles. The summed E-state index contributed by atoms with van der Waals surface area (Å²) in [6.07, 6.45) is 13.5. The highest BCUT2D eigenvalue weighted by atomic mass is 16.5. The molecule has 3 aliphatic rings. The van der Waals surface area contributed by atoms with Gasteiger partial charge in [0.05, 0.1) is 13.7 Å². The van der Waals surface area contributed by atoms with Gasteiger partial charge in [-0.2, -0.15) is 0 Å². The first-order valence-electron chi connectivity index (χ1n) is 19.2. The Kier molecular flexibility index (Phi) is 13.6. The number of aliphatic hydroxyl groups is 2. The fourth-order valence-corrected chi connectivity index (χ4v) is 7.53. The van der Waals surface area contributed by atoms with Crippen LogP contribution in [-0.2, 0) is 42.0 Å². The van der Waals surface area contributed by atoms with E-state index in [1.165, 1.54) is 5.56 Å². The quantitative estimate of drug-likeness (QED) is 0.0471. The van der Waals surface area contributed by atoms with E-state index >= 15 is 0 Å². The van der Waals surface area contributed by atoms with Gasteiger partial charge in [0.1, 0.15) is 36.1 Å². The van der Waals surface area contributed by atoms with Crippen molar-refractivity contribution in [2.24, 2.45) is 22.6 Å². The number of nitrogens with one attached hydrogen (secondary N) is 1. The van der Waals surface area contributed by atoms with Crippen LogP contribution in [0, 0.1) is 23.9 Å². The second kappa shape index (κ2) is 19.1. The zero-order valence-corrected chi connectivity index (χ0v) is 32.1. The molecule has 0 amide bonds. The molecule has 4 aromatic carbocycles. The van der Waals surface area contributed by atoms with Crippen molar-refractivity contribution in [1.82, 2.24) is 0 Å². The third-order valence-electron chi connectivity index (χ3n) is 10.6. The number of aliphatic imine (C=N–C) groups is 1. The number of rotatable bonds is 10. The second-order valence-electron chi connectivity index (χ2n) is 14.5. The Bertz CT molecular complexity index is 2180. The number of fused-ring (bicyclic) bond motifs is 9. The lowest BCUT2D eigenvalue weighted by molar-refractivity contribution is -0.121. The van der Waals surface area contributed by atoms with E-state index in [4.69, 9.17) is 19.9 Å². The maximum Gasteiger partial charge on any atom is 0.192 e. The van der Waals surface area contributed by atoms with Gasteiger partial charge in [0, 0.05) is 37.6 Å². The number of ether oxygens (including phenoxy) is 3. The summed E-state index contributed by atoms with van der Waals surface area (Å²) in [5.41, 5.74) is 11.0. The number of aryl methyl sites for hydroxylation is 2. The summed E-state index contributed by atoms with van der Waals surface area (Å²) in [7, 11) is 3.23. The van der Waals surface area contributed by atoms with Crippen molar-refractivity contribution >= 4 is 28.2 Å². The van der Waals surface area contributed by atoms with Gasteiger partial charge in [-0.05, 0) is 132 Å². The van der Waals surface area contributed by atoms with Crippen molar-refractivity contribution in [3.05, 3.63) is 119 Å². The van der Waals surface area contributed by atoms with Crippen LogP contribution in [0.2, 0.25) is 0 Å². The molecule has 10 nitrogen and oxygen atoms in total. The van der Waals surface area contributed by atoms with Crippen LogP contribution < -0.4 is 20.5 Å². The van der Waals surface area contributed by atoms with Crippen molar-refractivity contribution in [2.75, 3.05) is 19.5 Å². The maximum atomic E-state index is 13.6. The van der Waals surface area contributed by atoms with Gasteiger partial charge in [-0.25, -0.2) is 0 Å². The highest BCUT2D eigenvalue weighted by Crippen LogP contribution is 2.35. The third kappa shape index (κ3) is 10.4. The second-order valence-corrected chi connectivity index (χ2v) is 14.5. The normalized spacial score (nSPS) is 18.8. The van der Waals surface area contributed by atoms with E-state index in [2.05, 4.69) is 40.5 Å². The molecule has 0 saturated carbocycles. The zero-order chi connectivity index (χ0) is 39.4. The summed E-state index contributed by atoms with van der Waals surface area (Å²) in [5, 5.41) is 36.5. The van der Waals surface area contributed by atoms with Gasteiger partial charge in [-0.3, -0.25) is 9.79 Å². The molecule has 0 saturated heterocycles. The first-order chi connectivity index (χ1) is 27.2. The number of carbonyl (C=O) groups excluding carboxylic acids is 1. The molecule has 292 valence electrons. The summed E-state index contributed by atoms with van der Waals surface area (Å²) >= 11 is 0. The van der Waals surface area contributed by atoms with Gasteiger partial charge in [-0.15, -0.1) is 0 Å². The van der Waals surface area contributed by atoms with Crippen molar-refractivity contribution in [1.29, 1.82) is 0 Å². The molecule has 0 radical (unpaired) electrons. The predicted molar refractivity (Wildman–Crippen MR) is 220 cm³/mol. The lowest BCUT2D eigenvalue weighted by atomic mass is 9.80. The van der Waals surface area contributed by atoms with Crippen LogP contribution >= 0.6 is 0 Å². The first kappa shape index (κ1) is 39.8. The lowest BCUT2D eigenvalue weighted by Gasteiger charge is -2.28. The van der Waals surface area contributed by atoms with Crippen molar-refractivity contribution < 1.29 is 34.3 Å². The van der Waals surface area contributed by atoms with Crippen molar-refractivity contribution in [3.63, 3.8) is 0 Å². The van der Waals surface area contributed by atoms with Gasteiger partial charge in [0.2, 0.25) is 0 Å². The molecule has 2 heterocycles. The van der Waals surface area contributed by atoms with Crippen LogP contribution in [-0.4, -0.2) is 47.3 Å². The zero-order valence-electron chi connectivity index (χ0n) is 32.1. The largest absolute Gasteiger partial charge is 0.508 e. The monoisotopic (exact) mass is 757 g/mol. The average molecular weight is 758 g/mol. The lowest BCUT2D eigenvalue weighted by Crippen LogP contribution is -2.24. The highest BCUT2D eigenvalue weighted by molar-refractivity contribution is 5.92. The number of allylic oxidation sites excluding steroid dienone is 3. The van der Waals surface area contributed by atoms with Crippen LogP contribution in [0.5, 0.6) is 17.2 Å². The minimum Gasteiger partial charge on any atom is -0.508 e. The molecule has 6 bridgehead atoms. The van der Waals surface area contributed by atoms with E-state index in [1.807, 2.05) is 54.6 Å².